The molecule has 1 aromatic carbocycles. The molecule has 0 saturated carbocycles. The number of aromatic amines is 1. The number of benzene rings is 1. The van der Waals surface area contributed by atoms with Crippen molar-refractivity contribution < 1.29 is 21.6 Å². The van der Waals surface area contributed by atoms with Gasteiger partial charge in [0.15, 0.2) is 0 Å². The number of fused-ring (bicyclic) bond motifs is 1. The quantitative estimate of drug-likeness (QED) is 0.434. The number of nitrogens with zero attached hydrogens (tertiary/aromatic N) is 3. The number of hydrogen-bond acceptors (Lipinski definition) is 8. The molecule has 2 aromatic heterocycles. The molecule has 0 fully saturated rings. The predicted octanol–water partition coefficient (Wildman–Crippen LogP) is 2.81. The molecule has 13 heteroatoms. The highest BCUT2D eigenvalue weighted by Gasteiger charge is 2.27. The molecule has 0 aliphatic carbocycles. The number of rotatable bonds is 9. The number of sulfonamides is 1. The van der Waals surface area contributed by atoms with Gasteiger partial charge in [0.05, 0.1) is 29.2 Å². The van der Waals surface area contributed by atoms with Gasteiger partial charge in [-0.3, -0.25) is 14.1 Å². The molecule has 1 aliphatic heterocycles. The van der Waals surface area contributed by atoms with Gasteiger partial charge in [-0.2, -0.15) is 0 Å². The summed E-state index contributed by atoms with van der Waals surface area (Å²) in [5, 5.41) is 3.29. The van der Waals surface area contributed by atoms with Crippen LogP contribution in [0.3, 0.4) is 0 Å². The molecular weight excluding hydrogens is 529 g/mol. The Labute approximate surface area is 213 Å². The van der Waals surface area contributed by atoms with Gasteiger partial charge >= 0.3 is 0 Å². The third kappa shape index (κ3) is 5.74. The zero-order chi connectivity index (χ0) is 25.4. The van der Waals surface area contributed by atoms with Gasteiger partial charge in [0.2, 0.25) is 5.91 Å². The SMILES string of the molecule is CN(CCS(C)(=O)=O)C(=O)CC1CN=C(c2cc3cccc(N(C)S(=O)(=O)c4cccs4)c3[nH]2)S1. The molecule has 4 rings (SSSR count). The Hall–Kier alpha value is -2.35. The van der Waals surface area contributed by atoms with E-state index in [9.17, 15) is 21.6 Å². The Bertz CT molecular complexity index is 1480. The first-order chi connectivity index (χ1) is 16.5. The number of carbonyl (C=O) groups excluding carboxylic acids is 1. The first kappa shape index (κ1) is 25.7. The highest BCUT2D eigenvalue weighted by atomic mass is 32.2. The van der Waals surface area contributed by atoms with Crippen LogP contribution in [0.4, 0.5) is 5.69 Å². The van der Waals surface area contributed by atoms with E-state index in [-0.39, 0.29) is 34.1 Å². The Balaban J connectivity index is 1.48. The number of thiophene rings is 1. The Morgan fingerprint density at radius 3 is 2.63 bits per heavy atom. The maximum Gasteiger partial charge on any atom is 0.273 e. The van der Waals surface area contributed by atoms with Crippen LogP contribution in [0.2, 0.25) is 0 Å². The Morgan fingerprint density at radius 1 is 1.17 bits per heavy atom. The number of hydrogen-bond donors (Lipinski definition) is 1. The largest absolute Gasteiger partial charge is 0.351 e. The van der Waals surface area contributed by atoms with Gasteiger partial charge in [-0.25, -0.2) is 16.8 Å². The third-order valence-corrected chi connectivity index (χ3v) is 10.9. The van der Waals surface area contributed by atoms with Crippen LogP contribution in [0.5, 0.6) is 0 Å². The van der Waals surface area contributed by atoms with Crippen molar-refractivity contribution >= 4 is 70.5 Å². The van der Waals surface area contributed by atoms with Crippen LogP contribution in [0.1, 0.15) is 12.1 Å². The lowest BCUT2D eigenvalue weighted by Gasteiger charge is -2.19. The molecule has 1 atom stereocenters. The van der Waals surface area contributed by atoms with Crippen molar-refractivity contribution in [2.75, 3.05) is 43.5 Å². The molecular formula is C22H26N4O5S4. The maximum absolute atomic E-state index is 13.0. The summed E-state index contributed by atoms with van der Waals surface area (Å²) in [5.41, 5.74) is 1.98. The van der Waals surface area contributed by atoms with Crippen molar-refractivity contribution in [3.8, 4) is 0 Å². The van der Waals surface area contributed by atoms with Gasteiger partial charge in [-0.05, 0) is 23.6 Å². The van der Waals surface area contributed by atoms with E-state index < -0.39 is 19.9 Å². The van der Waals surface area contributed by atoms with Crippen LogP contribution < -0.4 is 4.31 Å². The fraction of sp³-hybridized carbons (Fsp3) is 0.364. The number of thioether (sulfide) groups is 1. The normalized spacial score (nSPS) is 16.4. The second-order valence-corrected chi connectivity index (χ2v) is 15.1. The van der Waals surface area contributed by atoms with E-state index in [0.29, 0.717) is 17.7 Å². The summed E-state index contributed by atoms with van der Waals surface area (Å²) in [6.45, 7) is 0.635. The number of anilines is 1. The van der Waals surface area contributed by atoms with E-state index in [1.807, 2.05) is 18.2 Å². The van der Waals surface area contributed by atoms with Crippen LogP contribution in [0.15, 0.2) is 51.0 Å². The number of nitrogens with one attached hydrogen (secondary N) is 1. The molecule has 0 spiro atoms. The van der Waals surface area contributed by atoms with Crippen molar-refractivity contribution in [2.24, 2.45) is 4.99 Å². The van der Waals surface area contributed by atoms with Crippen molar-refractivity contribution in [3.05, 3.63) is 47.5 Å². The number of sulfone groups is 1. The van der Waals surface area contributed by atoms with Gasteiger partial charge in [-0.1, -0.05) is 30.0 Å². The molecule has 9 nitrogen and oxygen atoms in total. The number of para-hydroxylation sites is 1. The first-order valence-electron chi connectivity index (χ1n) is 10.7. The molecule has 1 unspecified atom stereocenters. The highest BCUT2D eigenvalue weighted by Crippen LogP contribution is 2.34. The summed E-state index contributed by atoms with van der Waals surface area (Å²) in [4.78, 5) is 21.9. The van der Waals surface area contributed by atoms with E-state index in [1.165, 1.54) is 39.4 Å². The van der Waals surface area contributed by atoms with E-state index in [0.717, 1.165) is 22.4 Å². The summed E-state index contributed by atoms with van der Waals surface area (Å²) in [6, 6.07) is 10.7. The summed E-state index contributed by atoms with van der Waals surface area (Å²) < 4.78 is 50.3. The van der Waals surface area contributed by atoms with Crippen LogP contribution >= 0.6 is 23.1 Å². The molecule has 1 N–H and O–H groups in total. The van der Waals surface area contributed by atoms with E-state index in [1.54, 1.807) is 30.6 Å². The number of aliphatic imine (C=N–C) groups is 1. The molecule has 0 bridgehead atoms. The van der Waals surface area contributed by atoms with Gasteiger partial charge in [0, 0.05) is 44.0 Å². The molecule has 3 aromatic rings. The van der Waals surface area contributed by atoms with Crippen LogP contribution in [0.25, 0.3) is 10.9 Å². The second kappa shape index (κ2) is 9.96. The second-order valence-electron chi connectivity index (χ2n) is 8.36. The summed E-state index contributed by atoms with van der Waals surface area (Å²) in [7, 11) is -3.67. The molecule has 1 amide bonds. The fourth-order valence-corrected chi connectivity index (χ4v) is 7.69. The summed E-state index contributed by atoms with van der Waals surface area (Å²) >= 11 is 2.66. The van der Waals surface area contributed by atoms with Gasteiger partial charge < -0.3 is 9.88 Å². The Kier molecular flexibility index (Phi) is 7.32. The number of carbonyl (C=O) groups is 1. The molecule has 0 saturated heterocycles. The number of aromatic nitrogens is 1. The summed E-state index contributed by atoms with van der Waals surface area (Å²) in [6.07, 6.45) is 1.41. The average Bonchev–Trinajstić information content (AvgIpc) is 3.56. The van der Waals surface area contributed by atoms with Crippen molar-refractivity contribution in [1.82, 2.24) is 9.88 Å². The average molecular weight is 555 g/mol. The van der Waals surface area contributed by atoms with Crippen LogP contribution in [-0.2, 0) is 24.7 Å². The Morgan fingerprint density at radius 2 is 1.94 bits per heavy atom. The zero-order valence-corrected chi connectivity index (χ0v) is 22.7. The monoisotopic (exact) mass is 554 g/mol. The lowest BCUT2D eigenvalue weighted by Crippen LogP contribution is -2.33. The lowest BCUT2D eigenvalue weighted by atomic mass is 10.2. The zero-order valence-electron chi connectivity index (χ0n) is 19.5. The fourth-order valence-electron chi connectivity index (χ4n) is 3.64. The van der Waals surface area contributed by atoms with E-state index in [2.05, 4.69) is 9.98 Å². The highest BCUT2D eigenvalue weighted by molar-refractivity contribution is 8.15. The molecule has 1 aliphatic rings. The van der Waals surface area contributed by atoms with Crippen molar-refractivity contribution in [3.63, 3.8) is 0 Å². The van der Waals surface area contributed by atoms with Crippen molar-refractivity contribution in [2.45, 2.75) is 15.9 Å². The number of H-pyrrole nitrogens is 1. The predicted molar refractivity (Wildman–Crippen MR) is 143 cm³/mol. The molecule has 3 heterocycles. The molecule has 35 heavy (non-hydrogen) atoms. The number of amides is 1. The molecule has 0 radical (unpaired) electrons. The lowest BCUT2D eigenvalue weighted by molar-refractivity contribution is -0.129. The van der Waals surface area contributed by atoms with Gasteiger partial charge in [0.1, 0.15) is 19.1 Å². The smallest absolute Gasteiger partial charge is 0.273 e. The standard InChI is InChI=1S/C22H26N4O5S4/c1-25(9-11-34(3,28)29)19(27)13-16-14-23-22(33-16)17-12-15-6-4-7-18(21(15)24-17)26(2)35(30,31)20-8-5-10-32-20/h4-8,10,12,16,24H,9,11,13-14H2,1-3H3. The first-order valence-corrected chi connectivity index (χ1v) is 16.0. The minimum absolute atomic E-state index is 0.0500. The van der Waals surface area contributed by atoms with Crippen LogP contribution in [0, 0.1) is 0 Å². The van der Waals surface area contributed by atoms with E-state index >= 15 is 0 Å². The van der Waals surface area contributed by atoms with Crippen molar-refractivity contribution in [1.29, 1.82) is 0 Å². The van der Waals surface area contributed by atoms with Crippen LogP contribution in [-0.4, -0.2) is 82.1 Å². The van der Waals surface area contributed by atoms with Gasteiger partial charge in [0.25, 0.3) is 10.0 Å². The topological polar surface area (TPSA) is 120 Å². The van der Waals surface area contributed by atoms with E-state index in [4.69, 9.17) is 0 Å². The minimum atomic E-state index is -3.68. The third-order valence-electron chi connectivity index (χ3n) is 5.66. The van der Waals surface area contributed by atoms with Gasteiger partial charge in [-0.15, -0.1) is 11.3 Å². The molecule has 188 valence electrons. The summed E-state index contributed by atoms with van der Waals surface area (Å²) in [5.74, 6) is -0.190. The maximum atomic E-state index is 13.0. The minimum Gasteiger partial charge on any atom is -0.351 e.